The molecular formula is C14H16N4O2S. The van der Waals surface area contributed by atoms with Gasteiger partial charge in [0, 0.05) is 12.2 Å². The molecule has 21 heavy (non-hydrogen) atoms. The van der Waals surface area contributed by atoms with E-state index in [-0.39, 0.29) is 17.0 Å². The summed E-state index contributed by atoms with van der Waals surface area (Å²) < 4.78 is 28.6. The van der Waals surface area contributed by atoms with Gasteiger partial charge >= 0.3 is 0 Å². The molecule has 1 N–H and O–H groups in total. The lowest BCUT2D eigenvalue weighted by Gasteiger charge is -2.09. The number of benzene rings is 1. The van der Waals surface area contributed by atoms with Crippen LogP contribution in [0.5, 0.6) is 0 Å². The molecule has 0 spiro atoms. The molecule has 6 nitrogen and oxygen atoms in total. The number of aromatic nitrogens is 2. The summed E-state index contributed by atoms with van der Waals surface area (Å²) >= 11 is 0. The largest absolute Gasteiger partial charge is 0.268 e. The summed E-state index contributed by atoms with van der Waals surface area (Å²) in [5, 5.41) is 13.2. The van der Waals surface area contributed by atoms with Gasteiger partial charge in [-0.15, -0.1) is 0 Å². The summed E-state index contributed by atoms with van der Waals surface area (Å²) in [5.74, 6) is 0. The Labute approximate surface area is 124 Å². The molecule has 0 aliphatic heterocycles. The summed E-state index contributed by atoms with van der Waals surface area (Å²) in [6.07, 6.45) is 0. The van der Waals surface area contributed by atoms with E-state index >= 15 is 0 Å². The van der Waals surface area contributed by atoms with Crippen LogP contribution in [-0.4, -0.2) is 24.7 Å². The third-order valence-corrected chi connectivity index (χ3v) is 4.54. The van der Waals surface area contributed by atoms with E-state index in [2.05, 4.69) is 9.82 Å². The lowest BCUT2D eigenvalue weighted by molar-refractivity contribution is 0.554. The number of hydrogen-bond acceptors (Lipinski definition) is 4. The number of aryl methyl sites for hydroxylation is 2. The van der Waals surface area contributed by atoms with E-state index in [9.17, 15) is 8.42 Å². The second-order valence-corrected chi connectivity index (χ2v) is 6.39. The Hall–Kier alpha value is -2.17. The van der Waals surface area contributed by atoms with E-state index in [1.165, 1.54) is 12.1 Å². The van der Waals surface area contributed by atoms with Crippen molar-refractivity contribution in [2.24, 2.45) is 0 Å². The van der Waals surface area contributed by atoms with E-state index < -0.39 is 10.0 Å². The predicted octanol–water partition coefficient (Wildman–Crippen LogP) is 1.35. The Morgan fingerprint density at radius 3 is 2.67 bits per heavy atom. The van der Waals surface area contributed by atoms with Gasteiger partial charge in [0.25, 0.3) is 0 Å². The lowest BCUT2D eigenvalue weighted by Crippen LogP contribution is -2.28. The molecular weight excluding hydrogens is 288 g/mol. The van der Waals surface area contributed by atoms with Crippen molar-refractivity contribution in [3.8, 4) is 6.07 Å². The van der Waals surface area contributed by atoms with Crippen molar-refractivity contribution in [1.29, 1.82) is 5.26 Å². The molecule has 1 heterocycles. The van der Waals surface area contributed by atoms with Crippen LogP contribution in [0.25, 0.3) is 0 Å². The molecule has 0 bridgehead atoms. The van der Waals surface area contributed by atoms with Crippen LogP contribution in [0.2, 0.25) is 0 Å². The third-order valence-electron chi connectivity index (χ3n) is 3.02. The molecule has 7 heteroatoms. The zero-order valence-corrected chi connectivity index (χ0v) is 12.7. The van der Waals surface area contributed by atoms with E-state index in [0.29, 0.717) is 6.54 Å². The Morgan fingerprint density at radius 1 is 1.33 bits per heavy atom. The number of nitriles is 1. The SMILES string of the molecule is Cc1cc(C)n(CCNS(=O)(=O)c2ccccc2C#N)n1. The summed E-state index contributed by atoms with van der Waals surface area (Å²) in [7, 11) is -3.69. The molecule has 0 radical (unpaired) electrons. The van der Waals surface area contributed by atoms with E-state index in [4.69, 9.17) is 5.26 Å². The molecule has 2 rings (SSSR count). The highest BCUT2D eigenvalue weighted by Gasteiger charge is 2.17. The van der Waals surface area contributed by atoms with Gasteiger partial charge in [-0.25, -0.2) is 13.1 Å². The van der Waals surface area contributed by atoms with Crippen LogP contribution in [0, 0.1) is 25.2 Å². The molecule has 1 aromatic heterocycles. The highest BCUT2D eigenvalue weighted by molar-refractivity contribution is 7.89. The van der Waals surface area contributed by atoms with Gasteiger partial charge in [-0.05, 0) is 32.0 Å². The van der Waals surface area contributed by atoms with Gasteiger partial charge < -0.3 is 0 Å². The Balaban J connectivity index is 2.09. The summed E-state index contributed by atoms with van der Waals surface area (Å²) in [6.45, 7) is 4.45. The Kier molecular flexibility index (Phi) is 4.40. The fraction of sp³-hybridized carbons (Fsp3) is 0.286. The highest BCUT2D eigenvalue weighted by atomic mass is 32.2. The summed E-state index contributed by atoms with van der Waals surface area (Å²) in [5.41, 5.74) is 2.01. The molecule has 0 saturated carbocycles. The van der Waals surface area contributed by atoms with Crippen LogP contribution in [0.4, 0.5) is 0 Å². The smallest absolute Gasteiger partial charge is 0.241 e. The van der Waals surface area contributed by atoms with Gasteiger partial charge in [0.1, 0.15) is 6.07 Å². The monoisotopic (exact) mass is 304 g/mol. The highest BCUT2D eigenvalue weighted by Crippen LogP contribution is 2.13. The number of sulfonamides is 1. The van der Waals surface area contributed by atoms with Crippen molar-refractivity contribution in [2.45, 2.75) is 25.3 Å². The maximum Gasteiger partial charge on any atom is 0.241 e. The predicted molar refractivity (Wildman–Crippen MR) is 78.0 cm³/mol. The first-order valence-electron chi connectivity index (χ1n) is 6.44. The first-order valence-corrected chi connectivity index (χ1v) is 7.92. The minimum absolute atomic E-state index is 0.000804. The first-order chi connectivity index (χ1) is 9.94. The van der Waals surface area contributed by atoms with Gasteiger partial charge in [0.15, 0.2) is 0 Å². The number of nitrogens with one attached hydrogen (secondary N) is 1. The Morgan fingerprint density at radius 2 is 2.05 bits per heavy atom. The molecule has 0 saturated heterocycles. The van der Waals surface area contributed by atoms with Crippen LogP contribution in [0.1, 0.15) is 17.0 Å². The average molecular weight is 304 g/mol. The van der Waals surface area contributed by atoms with Crippen molar-refractivity contribution >= 4 is 10.0 Å². The molecule has 0 amide bonds. The van der Waals surface area contributed by atoms with Crippen LogP contribution in [0.3, 0.4) is 0 Å². The second-order valence-electron chi connectivity index (χ2n) is 4.66. The van der Waals surface area contributed by atoms with Gasteiger partial charge in [-0.2, -0.15) is 10.4 Å². The van der Waals surface area contributed by atoms with Crippen molar-refractivity contribution < 1.29 is 8.42 Å². The Bertz CT molecular complexity index is 788. The molecule has 0 atom stereocenters. The molecule has 1 aromatic carbocycles. The quantitative estimate of drug-likeness (QED) is 0.903. The average Bonchev–Trinajstić information content (AvgIpc) is 2.77. The molecule has 2 aromatic rings. The molecule has 0 unspecified atom stereocenters. The summed E-state index contributed by atoms with van der Waals surface area (Å²) in [6, 6.07) is 9.94. The minimum Gasteiger partial charge on any atom is -0.268 e. The molecule has 0 aliphatic carbocycles. The van der Waals surface area contributed by atoms with Crippen molar-refractivity contribution in [3.63, 3.8) is 0 Å². The van der Waals surface area contributed by atoms with Crippen LogP contribution in [0.15, 0.2) is 35.2 Å². The molecule has 110 valence electrons. The van der Waals surface area contributed by atoms with Crippen molar-refractivity contribution in [2.75, 3.05) is 6.54 Å². The second kappa shape index (κ2) is 6.08. The van der Waals surface area contributed by atoms with Crippen LogP contribution >= 0.6 is 0 Å². The lowest BCUT2D eigenvalue weighted by atomic mass is 10.2. The van der Waals surface area contributed by atoms with Gasteiger partial charge in [-0.3, -0.25) is 4.68 Å². The van der Waals surface area contributed by atoms with Gasteiger partial charge in [-0.1, -0.05) is 12.1 Å². The van der Waals surface area contributed by atoms with Crippen LogP contribution in [-0.2, 0) is 16.6 Å². The zero-order chi connectivity index (χ0) is 15.5. The number of hydrogen-bond donors (Lipinski definition) is 1. The molecule has 0 fully saturated rings. The fourth-order valence-corrected chi connectivity index (χ4v) is 3.23. The van der Waals surface area contributed by atoms with Crippen molar-refractivity contribution in [1.82, 2.24) is 14.5 Å². The maximum absolute atomic E-state index is 12.2. The zero-order valence-electron chi connectivity index (χ0n) is 11.9. The normalized spacial score (nSPS) is 11.3. The van der Waals surface area contributed by atoms with Gasteiger partial charge in [0.2, 0.25) is 10.0 Å². The maximum atomic E-state index is 12.2. The van der Waals surface area contributed by atoms with E-state index in [1.54, 1.807) is 16.8 Å². The number of rotatable bonds is 5. The summed E-state index contributed by atoms with van der Waals surface area (Å²) in [4.78, 5) is 0.000804. The van der Waals surface area contributed by atoms with Crippen LogP contribution < -0.4 is 4.72 Å². The van der Waals surface area contributed by atoms with Crippen molar-refractivity contribution in [3.05, 3.63) is 47.3 Å². The first kappa shape index (κ1) is 15.2. The molecule has 0 aliphatic rings. The topological polar surface area (TPSA) is 87.8 Å². The minimum atomic E-state index is -3.69. The van der Waals surface area contributed by atoms with E-state index in [1.807, 2.05) is 26.0 Å². The fourth-order valence-electron chi connectivity index (χ4n) is 2.06. The number of nitrogens with zero attached hydrogens (tertiary/aromatic N) is 3. The van der Waals surface area contributed by atoms with Gasteiger partial charge in [0.05, 0.1) is 22.7 Å². The standard InChI is InChI=1S/C14H16N4O2S/c1-11-9-12(2)18(17-11)8-7-16-21(19,20)14-6-4-3-5-13(14)10-15/h3-6,9,16H,7-8H2,1-2H3. The van der Waals surface area contributed by atoms with E-state index in [0.717, 1.165) is 11.4 Å². The third kappa shape index (κ3) is 3.48.